The average Bonchev–Trinajstić information content (AvgIpc) is 3.38. The topological polar surface area (TPSA) is 95.4 Å². The summed E-state index contributed by atoms with van der Waals surface area (Å²) in [5.41, 5.74) is 0. The van der Waals surface area contributed by atoms with Gasteiger partial charge in [-0.15, -0.1) is 22.7 Å². The number of nitrogens with zero attached hydrogens (tertiary/aromatic N) is 3. The molecule has 1 aliphatic heterocycles. The number of aromatic carboxylic acids is 1. The number of aromatic nitrogens is 2. The number of hydrogen-bond acceptors (Lipinski definition) is 7. The van der Waals surface area contributed by atoms with Crippen LogP contribution in [0.4, 0.5) is 5.82 Å². The Morgan fingerprint density at radius 2 is 2.19 bits per heavy atom. The first-order valence-corrected chi connectivity index (χ1v) is 9.87. The Morgan fingerprint density at radius 3 is 3.00 bits per heavy atom. The molecule has 1 unspecified atom stereocenters. The molecule has 4 heterocycles. The maximum Gasteiger partial charge on any atom is 0.345 e. The second kappa shape index (κ2) is 7.00. The molecule has 3 aromatic rings. The summed E-state index contributed by atoms with van der Waals surface area (Å²) in [6.07, 6.45) is 3.24. The molecule has 3 aromatic heterocycles. The van der Waals surface area contributed by atoms with E-state index in [1.807, 2.05) is 16.3 Å². The van der Waals surface area contributed by atoms with Crippen LogP contribution in [0.2, 0.25) is 0 Å². The first-order chi connectivity index (χ1) is 12.6. The second-order valence-electron chi connectivity index (χ2n) is 5.98. The molecule has 0 aromatic carbocycles. The number of rotatable bonds is 5. The van der Waals surface area contributed by atoms with Crippen LogP contribution >= 0.6 is 22.7 Å². The van der Waals surface area contributed by atoms with Crippen molar-refractivity contribution in [2.75, 3.05) is 11.4 Å². The Kier molecular flexibility index (Phi) is 4.56. The van der Waals surface area contributed by atoms with Gasteiger partial charge in [0.15, 0.2) is 0 Å². The number of hydrogen-bond donors (Lipinski definition) is 2. The number of nitrogens with one attached hydrogen (secondary N) is 1. The normalized spacial score (nSPS) is 16.9. The average molecular weight is 388 g/mol. The van der Waals surface area contributed by atoms with E-state index in [1.165, 1.54) is 11.3 Å². The number of fused-ring (bicyclic) bond motifs is 1. The smallest absolute Gasteiger partial charge is 0.345 e. The van der Waals surface area contributed by atoms with Crippen LogP contribution in [0.3, 0.4) is 0 Å². The molecule has 26 heavy (non-hydrogen) atoms. The molecule has 1 fully saturated rings. The van der Waals surface area contributed by atoms with Crippen LogP contribution < -0.4 is 10.2 Å². The predicted octanol–water partition coefficient (Wildman–Crippen LogP) is 2.74. The van der Waals surface area contributed by atoms with Crippen LogP contribution in [0.25, 0.3) is 10.2 Å². The monoisotopic (exact) mass is 388 g/mol. The number of carboxylic acids is 1. The zero-order valence-corrected chi connectivity index (χ0v) is 15.3. The largest absolute Gasteiger partial charge is 0.477 e. The molecule has 4 rings (SSSR count). The SMILES string of the molecule is O=C(O)c1ccc(CNC(=O)C2CCCN2c2ncnc3sccc23)s1. The quantitative estimate of drug-likeness (QED) is 0.698. The molecular formula is C17H16N4O3S2. The van der Waals surface area contributed by atoms with Gasteiger partial charge in [0.05, 0.1) is 11.9 Å². The van der Waals surface area contributed by atoms with Crippen molar-refractivity contribution in [3.05, 3.63) is 39.7 Å². The lowest BCUT2D eigenvalue weighted by Crippen LogP contribution is -2.43. The van der Waals surface area contributed by atoms with E-state index in [4.69, 9.17) is 5.11 Å². The third-order valence-corrected chi connectivity index (χ3v) is 6.27. The van der Waals surface area contributed by atoms with Gasteiger partial charge in [-0.2, -0.15) is 0 Å². The maximum atomic E-state index is 12.7. The molecule has 1 amide bonds. The summed E-state index contributed by atoms with van der Waals surface area (Å²) < 4.78 is 0. The van der Waals surface area contributed by atoms with E-state index in [9.17, 15) is 9.59 Å². The summed E-state index contributed by atoms with van der Waals surface area (Å²) >= 11 is 2.74. The minimum absolute atomic E-state index is 0.0604. The molecule has 7 nitrogen and oxygen atoms in total. The molecular weight excluding hydrogens is 372 g/mol. The Balaban J connectivity index is 1.48. The van der Waals surface area contributed by atoms with Crippen molar-refractivity contribution >= 4 is 50.6 Å². The lowest BCUT2D eigenvalue weighted by molar-refractivity contribution is -0.122. The summed E-state index contributed by atoms with van der Waals surface area (Å²) in [4.78, 5) is 36.4. The van der Waals surface area contributed by atoms with Gasteiger partial charge in [0.25, 0.3) is 0 Å². The van der Waals surface area contributed by atoms with Gasteiger partial charge in [-0.3, -0.25) is 4.79 Å². The molecule has 134 valence electrons. The van der Waals surface area contributed by atoms with E-state index in [0.717, 1.165) is 40.3 Å². The molecule has 0 bridgehead atoms. The van der Waals surface area contributed by atoms with Gasteiger partial charge in [-0.25, -0.2) is 14.8 Å². The molecule has 1 aliphatic rings. The summed E-state index contributed by atoms with van der Waals surface area (Å²) in [7, 11) is 0. The van der Waals surface area contributed by atoms with Crippen molar-refractivity contribution in [3.63, 3.8) is 0 Å². The summed E-state index contributed by atoms with van der Waals surface area (Å²) in [5.74, 6) is -0.203. The van der Waals surface area contributed by atoms with Crippen LogP contribution in [-0.2, 0) is 11.3 Å². The van der Waals surface area contributed by atoms with Gasteiger partial charge in [0.2, 0.25) is 5.91 Å². The molecule has 0 spiro atoms. The highest BCUT2D eigenvalue weighted by molar-refractivity contribution is 7.16. The van der Waals surface area contributed by atoms with Crippen molar-refractivity contribution in [2.45, 2.75) is 25.4 Å². The minimum atomic E-state index is -0.946. The third kappa shape index (κ3) is 3.15. The molecule has 1 atom stereocenters. The second-order valence-corrected chi connectivity index (χ2v) is 8.04. The van der Waals surface area contributed by atoms with E-state index in [1.54, 1.807) is 29.8 Å². The Morgan fingerprint density at radius 1 is 1.31 bits per heavy atom. The summed E-state index contributed by atoms with van der Waals surface area (Å²) in [6.45, 7) is 1.11. The molecule has 0 saturated carbocycles. The van der Waals surface area contributed by atoms with Crippen molar-refractivity contribution < 1.29 is 14.7 Å². The lowest BCUT2D eigenvalue weighted by Gasteiger charge is -2.25. The van der Waals surface area contributed by atoms with E-state index < -0.39 is 5.97 Å². The highest BCUT2D eigenvalue weighted by Crippen LogP contribution is 2.31. The van der Waals surface area contributed by atoms with Crippen LogP contribution in [-0.4, -0.2) is 39.5 Å². The van der Waals surface area contributed by atoms with Crippen molar-refractivity contribution in [1.29, 1.82) is 0 Å². The highest BCUT2D eigenvalue weighted by Gasteiger charge is 2.32. The van der Waals surface area contributed by atoms with Gasteiger partial charge in [-0.05, 0) is 36.4 Å². The minimum Gasteiger partial charge on any atom is -0.477 e. The van der Waals surface area contributed by atoms with Gasteiger partial charge in [-0.1, -0.05) is 0 Å². The molecule has 0 aliphatic carbocycles. The zero-order chi connectivity index (χ0) is 18.1. The van der Waals surface area contributed by atoms with E-state index in [-0.39, 0.29) is 16.8 Å². The number of carboxylic acid groups (broad SMARTS) is 1. The van der Waals surface area contributed by atoms with Crippen molar-refractivity contribution in [2.24, 2.45) is 0 Å². The fourth-order valence-electron chi connectivity index (χ4n) is 3.18. The third-order valence-electron chi connectivity index (χ3n) is 4.38. The van der Waals surface area contributed by atoms with Crippen LogP contribution in [0.15, 0.2) is 29.9 Å². The number of thiophene rings is 2. The first kappa shape index (κ1) is 16.9. The van der Waals surface area contributed by atoms with Crippen LogP contribution in [0.1, 0.15) is 27.4 Å². The van der Waals surface area contributed by atoms with Crippen molar-refractivity contribution in [3.8, 4) is 0 Å². The Hall–Kier alpha value is -2.52. The van der Waals surface area contributed by atoms with E-state index >= 15 is 0 Å². The molecule has 9 heteroatoms. The fraction of sp³-hybridized carbons (Fsp3) is 0.294. The summed E-state index contributed by atoms with van der Waals surface area (Å²) in [5, 5.41) is 14.9. The first-order valence-electron chi connectivity index (χ1n) is 8.18. The fourth-order valence-corrected chi connectivity index (χ4v) is 4.69. The maximum absolute atomic E-state index is 12.7. The van der Waals surface area contributed by atoms with Crippen molar-refractivity contribution in [1.82, 2.24) is 15.3 Å². The molecule has 0 radical (unpaired) electrons. The standard InChI is InChI=1S/C17H16N4O3S2/c22-15(18-8-10-3-4-13(26-10)17(23)24)12-2-1-6-21(12)14-11-5-7-25-16(11)20-9-19-14/h3-5,7,9,12H,1-2,6,8H2,(H,18,22)(H,23,24). The predicted molar refractivity (Wildman–Crippen MR) is 101 cm³/mol. The van der Waals surface area contributed by atoms with Gasteiger partial charge >= 0.3 is 5.97 Å². The molecule has 1 saturated heterocycles. The van der Waals surface area contributed by atoms with Gasteiger partial charge in [0.1, 0.15) is 27.9 Å². The van der Waals surface area contributed by atoms with Gasteiger partial charge < -0.3 is 15.3 Å². The van der Waals surface area contributed by atoms with Crippen LogP contribution in [0.5, 0.6) is 0 Å². The van der Waals surface area contributed by atoms with Crippen LogP contribution in [0, 0.1) is 0 Å². The Labute approximate surface area is 157 Å². The van der Waals surface area contributed by atoms with E-state index in [2.05, 4.69) is 15.3 Å². The molecule has 2 N–H and O–H groups in total. The highest BCUT2D eigenvalue weighted by atomic mass is 32.1. The van der Waals surface area contributed by atoms with Gasteiger partial charge in [0, 0.05) is 11.4 Å². The number of anilines is 1. The zero-order valence-electron chi connectivity index (χ0n) is 13.7. The Bertz CT molecular complexity index is 968. The number of carbonyl (C=O) groups excluding carboxylic acids is 1. The van der Waals surface area contributed by atoms with E-state index in [0.29, 0.717) is 6.54 Å². The number of carbonyl (C=O) groups is 2. The summed E-state index contributed by atoms with van der Waals surface area (Å²) in [6, 6.07) is 5.01. The lowest BCUT2D eigenvalue weighted by atomic mass is 10.2. The number of amides is 1.